The van der Waals surface area contributed by atoms with Crippen molar-refractivity contribution in [1.82, 2.24) is 0 Å². The quantitative estimate of drug-likeness (QED) is 0.671. The van der Waals surface area contributed by atoms with Gasteiger partial charge >= 0.3 is 0 Å². The van der Waals surface area contributed by atoms with Crippen LogP contribution in [0.1, 0.15) is 44.6 Å². The zero-order valence-corrected chi connectivity index (χ0v) is 12.7. The molecule has 0 atom stereocenters. The first-order valence-electron chi connectivity index (χ1n) is 7.19. The van der Waals surface area contributed by atoms with Crippen molar-refractivity contribution in [3.05, 3.63) is 17.7 Å². The number of benzene rings is 1. The van der Waals surface area contributed by atoms with E-state index < -0.39 is 0 Å². The van der Waals surface area contributed by atoms with Gasteiger partial charge < -0.3 is 14.8 Å². The highest BCUT2D eigenvalue weighted by Gasteiger charge is 2.07. The fraction of sp³-hybridized carbons (Fsp3) is 0.625. The van der Waals surface area contributed by atoms with Gasteiger partial charge in [-0.1, -0.05) is 32.6 Å². The SMILES string of the molecule is CCCCCCCNc1cc(OC)c(OC)cc1C. The van der Waals surface area contributed by atoms with Gasteiger partial charge in [0.1, 0.15) is 0 Å². The maximum atomic E-state index is 5.33. The molecule has 19 heavy (non-hydrogen) atoms. The Morgan fingerprint density at radius 3 is 2.21 bits per heavy atom. The molecule has 1 N–H and O–H groups in total. The highest BCUT2D eigenvalue weighted by atomic mass is 16.5. The van der Waals surface area contributed by atoms with Gasteiger partial charge in [-0.15, -0.1) is 0 Å². The Bertz CT molecular complexity index is 377. The van der Waals surface area contributed by atoms with Crippen molar-refractivity contribution in [3.8, 4) is 11.5 Å². The number of methoxy groups -OCH3 is 2. The summed E-state index contributed by atoms with van der Waals surface area (Å²) in [6.45, 7) is 5.34. The van der Waals surface area contributed by atoms with Gasteiger partial charge in [-0.2, -0.15) is 0 Å². The minimum absolute atomic E-state index is 0.779. The fourth-order valence-corrected chi connectivity index (χ4v) is 2.12. The molecular weight excluding hydrogens is 238 g/mol. The second-order valence-corrected chi connectivity index (χ2v) is 4.86. The summed E-state index contributed by atoms with van der Waals surface area (Å²) in [5, 5.41) is 3.48. The standard InChI is InChI=1S/C16H27NO2/c1-5-6-7-8-9-10-17-14-12-16(19-4)15(18-3)11-13(14)2/h11-12,17H,5-10H2,1-4H3. The number of ether oxygens (including phenoxy) is 2. The Hall–Kier alpha value is -1.38. The molecule has 1 aromatic carbocycles. The Morgan fingerprint density at radius 1 is 0.947 bits per heavy atom. The maximum absolute atomic E-state index is 5.33. The van der Waals surface area contributed by atoms with Crippen LogP contribution in [-0.4, -0.2) is 20.8 Å². The van der Waals surface area contributed by atoms with Crippen LogP contribution in [0.15, 0.2) is 12.1 Å². The van der Waals surface area contributed by atoms with E-state index in [0.29, 0.717) is 0 Å². The van der Waals surface area contributed by atoms with Crippen LogP contribution in [0.25, 0.3) is 0 Å². The second kappa shape index (κ2) is 8.68. The molecule has 0 saturated heterocycles. The Morgan fingerprint density at radius 2 is 1.58 bits per heavy atom. The molecule has 0 radical (unpaired) electrons. The van der Waals surface area contributed by atoms with Gasteiger partial charge in [0, 0.05) is 18.3 Å². The van der Waals surface area contributed by atoms with Crippen molar-refractivity contribution in [2.24, 2.45) is 0 Å². The minimum atomic E-state index is 0.779. The molecule has 108 valence electrons. The van der Waals surface area contributed by atoms with E-state index in [1.165, 1.54) is 37.7 Å². The van der Waals surface area contributed by atoms with E-state index in [1.807, 2.05) is 12.1 Å². The summed E-state index contributed by atoms with van der Waals surface area (Å²) in [6.07, 6.45) is 6.49. The molecule has 0 saturated carbocycles. The summed E-state index contributed by atoms with van der Waals surface area (Å²) < 4.78 is 10.6. The topological polar surface area (TPSA) is 30.5 Å². The molecule has 3 nitrogen and oxygen atoms in total. The molecule has 0 aliphatic carbocycles. The van der Waals surface area contributed by atoms with E-state index in [9.17, 15) is 0 Å². The van der Waals surface area contributed by atoms with E-state index in [2.05, 4.69) is 19.2 Å². The van der Waals surface area contributed by atoms with Gasteiger partial charge in [0.05, 0.1) is 14.2 Å². The molecule has 0 fully saturated rings. The summed E-state index contributed by atoms with van der Waals surface area (Å²) in [5.41, 5.74) is 2.32. The van der Waals surface area contributed by atoms with E-state index in [1.54, 1.807) is 14.2 Å². The number of rotatable bonds is 9. The van der Waals surface area contributed by atoms with Gasteiger partial charge in [-0.05, 0) is 25.0 Å². The molecule has 3 heteroatoms. The predicted molar refractivity (Wildman–Crippen MR) is 81.5 cm³/mol. The van der Waals surface area contributed by atoms with Gasteiger partial charge in [0.25, 0.3) is 0 Å². The van der Waals surface area contributed by atoms with E-state index in [-0.39, 0.29) is 0 Å². The van der Waals surface area contributed by atoms with Crippen LogP contribution in [0.5, 0.6) is 11.5 Å². The molecule has 0 heterocycles. The normalized spacial score (nSPS) is 10.3. The van der Waals surface area contributed by atoms with Gasteiger partial charge in [0.2, 0.25) is 0 Å². The minimum Gasteiger partial charge on any atom is -0.493 e. The number of aryl methyl sites for hydroxylation is 1. The zero-order valence-electron chi connectivity index (χ0n) is 12.7. The third kappa shape index (κ3) is 5.01. The average molecular weight is 265 g/mol. The molecule has 0 amide bonds. The lowest BCUT2D eigenvalue weighted by Crippen LogP contribution is -2.04. The lowest BCUT2D eigenvalue weighted by Gasteiger charge is -2.14. The highest BCUT2D eigenvalue weighted by Crippen LogP contribution is 2.32. The van der Waals surface area contributed by atoms with Crippen molar-refractivity contribution in [2.45, 2.75) is 46.0 Å². The number of hydrogen-bond acceptors (Lipinski definition) is 3. The molecule has 0 aliphatic rings. The van der Waals surface area contributed by atoms with Crippen LogP contribution < -0.4 is 14.8 Å². The second-order valence-electron chi connectivity index (χ2n) is 4.86. The first kappa shape index (κ1) is 15.7. The summed E-state index contributed by atoms with van der Waals surface area (Å²) in [5.74, 6) is 1.56. The monoisotopic (exact) mass is 265 g/mol. The molecule has 1 rings (SSSR count). The lowest BCUT2D eigenvalue weighted by atomic mass is 10.1. The van der Waals surface area contributed by atoms with Crippen molar-refractivity contribution in [3.63, 3.8) is 0 Å². The van der Waals surface area contributed by atoms with E-state index in [4.69, 9.17) is 9.47 Å². The van der Waals surface area contributed by atoms with E-state index >= 15 is 0 Å². The van der Waals surface area contributed by atoms with Crippen molar-refractivity contribution in [1.29, 1.82) is 0 Å². The first-order valence-corrected chi connectivity index (χ1v) is 7.19. The average Bonchev–Trinajstić information content (AvgIpc) is 2.43. The molecular formula is C16H27NO2. The highest BCUT2D eigenvalue weighted by molar-refractivity contribution is 5.60. The molecule has 0 bridgehead atoms. The Balaban J connectivity index is 2.49. The lowest BCUT2D eigenvalue weighted by molar-refractivity contribution is 0.355. The fourth-order valence-electron chi connectivity index (χ4n) is 2.12. The van der Waals surface area contributed by atoms with Crippen LogP contribution >= 0.6 is 0 Å². The van der Waals surface area contributed by atoms with Crippen LogP contribution in [0.4, 0.5) is 5.69 Å². The van der Waals surface area contributed by atoms with Crippen LogP contribution in [0, 0.1) is 6.92 Å². The number of unbranched alkanes of at least 4 members (excludes halogenated alkanes) is 4. The predicted octanol–water partition coefficient (Wildman–Crippen LogP) is 4.39. The summed E-state index contributed by atoms with van der Waals surface area (Å²) in [7, 11) is 3.33. The number of nitrogens with one attached hydrogen (secondary N) is 1. The Labute approximate surface area is 117 Å². The van der Waals surface area contributed by atoms with Crippen LogP contribution in [0.2, 0.25) is 0 Å². The van der Waals surface area contributed by atoms with Crippen molar-refractivity contribution < 1.29 is 9.47 Å². The molecule has 0 spiro atoms. The smallest absolute Gasteiger partial charge is 0.162 e. The third-order valence-electron chi connectivity index (χ3n) is 3.33. The number of hydrogen-bond donors (Lipinski definition) is 1. The first-order chi connectivity index (χ1) is 9.22. The van der Waals surface area contributed by atoms with Gasteiger partial charge in [0.15, 0.2) is 11.5 Å². The molecule has 0 unspecified atom stereocenters. The molecule has 0 aliphatic heterocycles. The van der Waals surface area contributed by atoms with Gasteiger partial charge in [-0.25, -0.2) is 0 Å². The molecule has 1 aromatic rings. The van der Waals surface area contributed by atoms with E-state index in [0.717, 1.165) is 23.7 Å². The van der Waals surface area contributed by atoms with Crippen molar-refractivity contribution in [2.75, 3.05) is 26.1 Å². The van der Waals surface area contributed by atoms with Gasteiger partial charge in [-0.3, -0.25) is 0 Å². The number of anilines is 1. The zero-order chi connectivity index (χ0) is 14.1. The maximum Gasteiger partial charge on any atom is 0.162 e. The largest absolute Gasteiger partial charge is 0.493 e. The summed E-state index contributed by atoms with van der Waals surface area (Å²) in [6, 6.07) is 4.03. The van der Waals surface area contributed by atoms with Crippen LogP contribution in [0.3, 0.4) is 0 Å². The van der Waals surface area contributed by atoms with Crippen molar-refractivity contribution >= 4 is 5.69 Å². The summed E-state index contributed by atoms with van der Waals surface area (Å²) >= 11 is 0. The third-order valence-corrected chi connectivity index (χ3v) is 3.33. The van der Waals surface area contributed by atoms with Crippen LogP contribution in [-0.2, 0) is 0 Å². The Kier molecular flexibility index (Phi) is 7.16. The summed E-state index contributed by atoms with van der Waals surface area (Å²) in [4.78, 5) is 0. The molecule has 0 aromatic heterocycles.